The van der Waals surface area contributed by atoms with Crippen molar-refractivity contribution in [1.82, 2.24) is 9.97 Å². The number of aryl methyl sites for hydroxylation is 1. The summed E-state index contributed by atoms with van der Waals surface area (Å²) < 4.78 is 10.1. The van der Waals surface area contributed by atoms with Crippen LogP contribution in [0.5, 0.6) is 5.88 Å². The average Bonchev–Trinajstić information content (AvgIpc) is 3.06. The highest BCUT2D eigenvalue weighted by Gasteiger charge is 2.16. The second-order valence-electron chi connectivity index (χ2n) is 5.69. The number of carbonyl (C=O) groups is 1. The molecule has 2 aromatic rings. The minimum atomic E-state index is -0.395. The number of nitrogens with two attached hydrogens (primary N) is 1. The molecule has 0 saturated heterocycles. The lowest BCUT2D eigenvalue weighted by molar-refractivity contribution is 0.102. The lowest BCUT2D eigenvalue weighted by atomic mass is 10.1. The summed E-state index contributed by atoms with van der Waals surface area (Å²) >= 11 is 5.79. The van der Waals surface area contributed by atoms with E-state index in [-0.39, 0.29) is 28.9 Å². The molecule has 1 aromatic carbocycles. The van der Waals surface area contributed by atoms with Crippen LogP contribution in [0.25, 0.3) is 0 Å². The van der Waals surface area contributed by atoms with Gasteiger partial charge in [-0.05, 0) is 42.1 Å². The Hall–Kier alpha value is -2.87. The number of hydrogen-bond donors (Lipinski definition) is 2. The third kappa shape index (κ3) is 4.60. The number of aliphatic imine (C=N–C) groups is 1. The van der Waals surface area contributed by atoms with Gasteiger partial charge in [-0.1, -0.05) is 12.1 Å². The van der Waals surface area contributed by atoms with Gasteiger partial charge in [-0.2, -0.15) is 4.98 Å². The Morgan fingerprint density at radius 1 is 1.38 bits per heavy atom. The van der Waals surface area contributed by atoms with Crippen LogP contribution in [-0.4, -0.2) is 41.7 Å². The molecule has 0 spiro atoms. The molecule has 2 heterocycles. The van der Waals surface area contributed by atoms with Crippen LogP contribution < -0.4 is 15.8 Å². The third-order valence-electron chi connectivity index (χ3n) is 3.83. The molecule has 0 fully saturated rings. The second kappa shape index (κ2) is 8.01. The fraction of sp³-hybridized carbons (Fsp3) is 0.294. The van der Waals surface area contributed by atoms with Crippen molar-refractivity contribution in [2.45, 2.75) is 18.9 Å². The monoisotopic (exact) mass is 375 g/mol. The number of anilines is 1. The van der Waals surface area contributed by atoms with Gasteiger partial charge in [0.25, 0.3) is 11.9 Å². The first-order valence-corrected chi connectivity index (χ1v) is 8.36. The van der Waals surface area contributed by atoms with Gasteiger partial charge in [0.1, 0.15) is 12.3 Å². The van der Waals surface area contributed by atoms with E-state index in [0.29, 0.717) is 12.3 Å². The Bertz CT molecular complexity index is 826. The summed E-state index contributed by atoms with van der Waals surface area (Å²) in [5.74, 6) is -0.169. The molecule has 0 saturated carbocycles. The molecule has 1 aliphatic rings. The first-order chi connectivity index (χ1) is 12.5. The van der Waals surface area contributed by atoms with Crippen LogP contribution in [-0.2, 0) is 11.2 Å². The van der Waals surface area contributed by atoms with E-state index in [4.69, 9.17) is 26.8 Å². The van der Waals surface area contributed by atoms with Gasteiger partial charge in [0, 0.05) is 11.8 Å². The van der Waals surface area contributed by atoms with Gasteiger partial charge in [0.2, 0.25) is 11.2 Å². The Labute approximate surface area is 155 Å². The first kappa shape index (κ1) is 17.9. The van der Waals surface area contributed by atoms with Crippen molar-refractivity contribution in [2.75, 3.05) is 19.0 Å². The number of methoxy groups -OCH3 is 1. The molecule has 8 nitrogen and oxygen atoms in total. The molecule has 1 amide bonds. The largest absolute Gasteiger partial charge is 0.481 e. The SMILES string of the molecule is COc1cc(C(=O)Nc2ccc(CC[C@H]3COC(N)=N3)cc2)nc(Cl)n1. The van der Waals surface area contributed by atoms with Crippen LogP contribution in [0.1, 0.15) is 22.5 Å². The molecule has 3 N–H and O–H groups in total. The molecular weight excluding hydrogens is 358 g/mol. The standard InChI is InChI=1S/C17H18ClN5O3/c1-25-14-8-13(22-16(18)23-14)15(24)20-11-5-2-10(3-6-11)4-7-12-9-26-17(19)21-12/h2-3,5-6,8,12H,4,7,9H2,1H3,(H2,19,21)(H,20,24)/t12-/m0/s1. The topological polar surface area (TPSA) is 112 Å². The summed E-state index contributed by atoms with van der Waals surface area (Å²) in [5.41, 5.74) is 7.41. The molecule has 0 bridgehead atoms. The van der Waals surface area contributed by atoms with E-state index in [1.807, 2.05) is 24.3 Å². The van der Waals surface area contributed by atoms with Crippen molar-refractivity contribution in [3.8, 4) is 5.88 Å². The number of ether oxygens (including phenoxy) is 2. The van der Waals surface area contributed by atoms with Crippen molar-refractivity contribution < 1.29 is 14.3 Å². The number of nitrogens with one attached hydrogen (secondary N) is 1. The van der Waals surface area contributed by atoms with Crippen molar-refractivity contribution in [3.05, 3.63) is 46.9 Å². The van der Waals surface area contributed by atoms with Crippen LogP contribution in [0.15, 0.2) is 35.3 Å². The van der Waals surface area contributed by atoms with Crippen LogP contribution >= 0.6 is 11.6 Å². The minimum Gasteiger partial charge on any atom is -0.481 e. The summed E-state index contributed by atoms with van der Waals surface area (Å²) in [6.45, 7) is 0.533. The minimum absolute atomic E-state index is 0.0518. The molecule has 3 rings (SSSR count). The van der Waals surface area contributed by atoms with Gasteiger partial charge in [-0.15, -0.1) is 0 Å². The highest BCUT2D eigenvalue weighted by molar-refractivity contribution is 6.28. The summed E-state index contributed by atoms with van der Waals surface area (Å²) in [6, 6.07) is 9.34. The number of halogens is 1. The zero-order chi connectivity index (χ0) is 18.5. The summed E-state index contributed by atoms with van der Waals surface area (Å²) in [7, 11) is 1.44. The van der Waals surface area contributed by atoms with Crippen molar-refractivity contribution in [1.29, 1.82) is 0 Å². The normalized spacial score (nSPS) is 15.9. The molecule has 0 radical (unpaired) electrons. The van der Waals surface area contributed by atoms with E-state index < -0.39 is 5.91 Å². The number of amidine groups is 1. The number of aromatic nitrogens is 2. The van der Waals surface area contributed by atoms with Crippen molar-refractivity contribution >= 4 is 29.2 Å². The van der Waals surface area contributed by atoms with E-state index in [2.05, 4.69) is 20.3 Å². The molecule has 0 aliphatic carbocycles. The number of nitrogens with zero attached hydrogens (tertiary/aromatic N) is 3. The average molecular weight is 376 g/mol. The zero-order valence-electron chi connectivity index (χ0n) is 14.1. The lowest BCUT2D eigenvalue weighted by Gasteiger charge is -2.08. The van der Waals surface area contributed by atoms with E-state index in [0.717, 1.165) is 18.4 Å². The van der Waals surface area contributed by atoms with E-state index >= 15 is 0 Å². The summed E-state index contributed by atoms with van der Waals surface area (Å²) in [5, 5.41) is 2.71. The maximum absolute atomic E-state index is 12.3. The van der Waals surface area contributed by atoms with Gasteiger partial charge in [0.15, 0.2) is 0 Å². The first-order valence-electron chi connectivity index (χ1n) is 7.98. The van der Waals surface area contributed by atoms with Crippen LogP contribution in [0.3, 0.4) is 0 Å². The predicted molar refractivity (Wildman–Crippen MR) is 97.7 cm³/mol. The van der Waals surface area contributed by atoms with Crippen LogP contribution in [0, 0.1) is 0 Å². The Morgan fingerprint density at radius 3 is 2.81 bits per heavy atom. The van der Waals surface area contributed by atoms with Gasteiger partial charge in [-0.3, -0.25) is 4.79 Å². The van der Waals surface area contributed by atoms with E-state index in [9.17, 15) is 4.79 Å². The molecule has 1 aromatic heterocycles. The third-order valence-corrected chi connectivity index (χ3v) is 4.00. The smallest absolute Gasteiger partial charge is 0.282 e. The Morgan fingerprint density at radius 2 is 2.15 bits per heavy atom. The van der Waals surface area contributed by atoms with Crippen LogP contribution in [0.2, 0.25) is 5.28 Å². The summed E-state index contributed by atoms with van der Waals surface area (Å²) in [4.78, 5) is 24.2. The fourth-order valence-electron chi connectivity index (χ4n) is 2.48. The van der Waals surface area contributed by atoms with Gasteiger partial charge >= 0.3 is 0 Å². The van der Waals surface area contributed by atoms with Crippen LogP contribution in [0.4, 0.5) is 5.69 Å². The molecule has 1 aliphatic heterocycles. The van der Waals surface area contributed by atoms with Gasteiger partial charge in [-0.25, -0.2) is 9.98 Å². The predicted octanol–water partition coefficient (Wildman–Crippen LogP) is 2.04. The molecule has 1 atom stereocenters. The number of rotatable bonds is 6. The van der Waals surface area contributed by atoms with E-state index in [1.54, 1.807) is 0 Å². The highest BCUT2D eigenvalue weighted by Crippen LogP contribution is 2.17. The van der Waals surface area contributed by atoms with Gasteiger partial charge < -0.3 is 20.5 Å². The van der Waals surface area contributed by atoms with E-state index in [1.165, 1.54) is 13.2 Å². The Balaban J connectivity index is 1.58. The number of amides is 1. The summed E-state index contributed by atoms with van der Waals surface area (Å²) in [6.07, 6.45) is 1.70. The van der Waals surface area contributed by atoms with Crippen molar-refractivity contribution in [3.63, 3.8) is 0 Å². The number of benzene rings is 1. The fourth-order valence-corrected chi connectivity index (χ4v) is 2.66. The number of carbonyl (C=O) groups excluding carboxylic acids is 1. The second-order valence-corrected chi connectivity index (χ2v) is 6.02. The molecule has 9 heteroatoms. The van der Waals surface area contributed by atoms with Gasteiger partial charge in [0.05, 0.1) is 13.2 Å². The lowest BCUT2D eigenvalue weighted by Crippen LogP contribution is -2.14. The molecule has 26 heavy (non-hydrogen) atoms. The maximum Gasteiger partial charge on any atom is 0.282 e. The van der Waals surface area contributed by atoms with Crippen molar-refractivity contribution in [2.24, 2.45) is 10.7 Å². The molecule has 0 unspecified atom stereocenters. The quantitative estimate of drug-likeness (QED) is 0.747. The zero-order valence-corrected chi connectivity index (χ0v) is 14.9. The maximum atomic E-state index is 12.3. The highest BCUT2D eigenvalue weighted by atomic mass is 35.5. The number of hydrogen-bond acceptors (Lipinski definition) is 7. The Kier molecular flexibility index (Phi) is 5.52. The molecule has 136 valence electrons. The molecular formula is C17H18ClN5O3.